The molecule has 0 fully saturated rings. The predicted molar refractivity (Wildman–Crippen MR) is 112 cm³/mol. The van der Waals surface area contributed by atoms with Crippen LogP contribution in [0.5, 0.6) is 11.5 Å². The second kappa shape index (κ2) is 8.41. The number of ether oxygens (including phenoxy) is 2. The average Bonchev–Trinajstić information content (AvgIpc) is 3.14. The summed E-state index contributed by atoms with van der Waals surface area (Å²) in [6.45, 7) is 1.97. The number of aryl methyl sites for hydroxylation is 1. The number of halogens is 1. The van der Waals surface area contributed by atoms with Gasteiger partial charge in [0.15, 0.2) is 5.13 Å². The maximum atomic E-state index is 12.4. The van der Waals surface area contributed by atoms with E-state index in [9.17, 15) is 4.79 Å². The molecule has 3 aromatic rings. The third kappa shape index (κ3) is 4.58. The fraction of sp³-hybridized carbons (Fsp3) is 0.158. The van der Waals surface area contributed by atoms with Gasteiger partial charge in [-0.1, -0.05) is 15.9 Å². The molecule has 6 nitrogen and oxygen atoms in total. The maximum absolute atomic E-state index is 12.4. The van der Waals surface area contributed by atoms with E-state index < -0.39 is 0 Å². The Bertz CT molecular complexity index is 975. The molecular weight excluding hydrogens is 430 g/mol. The Kier molecular flexibility index (Phi) is 5.98. The third-order valence-corrected chi connectivity index (χ3v) is 5.45. The van der Waals surface area contributed by atoms with Gasteiger partial charge in [-0.25, -0.2) is 4.98 Å². The van der Waals surface area contributed by atoms with E-state index in [1.54, 1.807) is 25.7 Å². The van der Waals surface area contributed by atoms with Gasteiger partial charge in [0.1, 0.15) is 17.2 Å². The number of hydrogen-bond donors (Lipinski definition) is 2. The fourth-order valence-electron chi connectivity index (χ4n) is 2.37. The number of carbonyl (C=O) groups is 1. The number of rotatable bonds is 6. The summed E-state index contributed by atoms with van der Waals surface area (Å²) in [5, 5.41) is 8.33. The highest BCUT2D eigenvalue weighted by Crippen LogP contribution is 2.32. The van der Waals surface area contributed by atoms with Crippen LogP contribution in [0.4, 0.5) is 16.5 Å². The molecule has 0 saturated heterocycles. The van der Waals surface area contributed by atoms with E-state index in [4.69, 9.17) is 9.47 Å². The van der Waals surface area contributed by atoms with Gasteiger partial charge >= 0.3 is 0 Å². The first-order chi connectivity index (χ1) is 13.0. The minimum absolute atomic E-state index is 0.261. The van der Waals surface area contributed by atoms with Crippen molar-refractivity contribution in [3.63, 3.8) is 0 Å². The van der Waals surface area contributed by atoms with E-state index in [0.717, 1.165) is 21.4 Å². The molecular formula is C19H18BrN3O3S. The molecule has 1 aromatic heterocycles. The van der Waals surface area contributed by atoms with Gasteiger partial charge < -0.3 is 20.1 Å². The van der Waals surface area contributed by atoms with Crippen LogP contribution in [-0.4, -0.2) is 25.1 Å². The van der Waals surface area contributed by atoms with Crippen molar-refractivity contribution in [1.82, 2.24) is 4.98 Å². The molecule has 0 aliphatic heterocycles. The van der Waals surface area contributed by atoms with Gasteiger partial charge in [0, 0.05) is 21.6 Å². The summed E-state index contributed by atoms with van der Waals surface area (Å²) in [5.74, 6) is 1.06. The van der Waals surface area contributed by atoms with Crippen LogP contribution in [0.1, 0.15) is 16.1 Å². The van der Waals surface area contributed by atoms with E-state index in [-0.39, 0.29) is 5.91 Å². The molecule has 0 atom stereocenters. The van der Waals surface area contributed by atoms with Gasteiger partial charge in [-0.05, 0) is 42.8 Å². The Balaban J connectivity index is 1.72. The monoisotopic (exact) mass is 447 g/mol. The molecule has 140 valence electrons. The van der Waals surface area contributed by atoms with Crippen molar-refractivity contribution < 1.29 is 14.3 Å². The highest BCUT2D eigenvalue weighted by molar-refractivity contribution is 9.10. The number of amides is 1. The van der Waals surface area contributed by atoms with Crippen LogP contribution in [0.15, 0.2) is 46.3 Å². The molecule has 1 amide bonds. The van der Waals surface area contributed by atoms with Gasteiger partial charge in [-0.3, -0.25) is 4.79 Å². The lowest BCUT2D eigenvalue weighted by molar-refractivity contribution is 0.102. The Morgan fingerprint density at radius 3 is 2.67 bits per heavy atom. The van der Waals surface area contributed by atoms with Gasteiger partial charge in [-0.15, -0.1) is 11.3 Å². The molecule has 1 heterocycles. The quantitative estimate of drug-likeness (QED) is 0.541. The number of nitrogens with zero attached hydrogens (tertiary/aromatic N) is 1. The first-order valence-electron chi connectivity index (χ1n) is 8.02. The van der Waals surface area contributed by atoms with E-state index in [1.807, 2.05) is 37.3 Å². The first kappa shape index (κ1) is 19.2. The zero-order valence-corrected chi connectivity index (χ0v) is 17.4. The van der Waals surface area contributed by atoms with Crippen molar-refractivity contribution >= 4 is 49.7 Å². The molecule has 0 saturated carbocycles. The third-order valence-electron chi connectivity index (χ3n) is 3.80. The van der Waals surface area contributed by atoms with Crippen molar-refractivity contribution in [2.75, 3.05) is 24.9 Å². The topological polar surface area (TPSA) is 72.5 Å². The number of methoxy groups -OCH3 is 2. The molecule has 0 bridgehead atoms. The van der Waals surface area contributed by atoms with Gasteiger partial charge in [-0.2, -0.15) is 0 Å². The average molecular weight is 448 g/mol. The number of benzene rings is 2. The summed E-state index contributed by atoms with van der Waals surface area (Å²) in [6, 6.07) is 11.1. The van der Waals surface area contributed by atoms with Crippen LogP contribution < -0.4 is 20.1 Å². The number of carbonyl (C=O) groups excluding carboxylic acids is 1. The summed E-state index contributed by atoms with van der Waals surface area (Å²) >= 11 is 4.79. The second-order valence-corrected chi connectivity index (χ2v) is 7.36. The molecule has 8 heteroatoms. The van der Waals surface area contributed by atoms with Gasteiger partial charge in [0.2, 0.25) is 0 Å². The largest absolute Gasteiger partial charge is 0.497 e. The molecule has 27 heavy (non-hydrogen) atoms. The number of hydrogen-bond acceptors (Lipinski definition) is 6. The lowest BCUT2D eigenvalue weighted by Gasteiger charge is -2.10. The predicted octanol–water partition coefficient (Wildman–Crippen LogP) is 5.23. The molecule has 0 radical (unpaired) electrons. The zero-order valence-electron chi connectivity index (χ0n) is 15.0. The zero-order chi connectivity index (χ0) is 19.4. The van der Waals surface area contributed by atoms with Crippen LogP contribution in [0.2, 0.25) is 0 Å². The maximum Gasteiger partial charge on any atom is 0.275 e. The molecule has 0 aliphatic rings. The number of thiazole rings is 1. The lowest BCUT2D eigenvalue weighted by atomic mass is 10.2. The van der Waals surface area contributed by atoms with E-state index in [1.165, 1.54) is 11.3 Å². The van der Waals surface area contributed by atoms with E-state index in [2.05, 4.69) is 31.5 Å². The summed E-state index contributed by atoms with van der Waals surface area (Å²) in [4.78, 5) is 16.8. The SMILES string of the molecule is COc1ccc(Nc2nc(C(=O)Nc3ccc(Br)c(C)c3)cs2)c(OC)c1. The Labute approximate surface area is 169 Å². The minimum Gasteiger partial charge on any atom is -0.497 e. The van der Waals surface area contributed by atoms with Gasteiger partial charge in [0.25, 0.3) is 5.91 Å². The second-order valence-electron chi connectivity index (χ2n) is 5.65. The van der Waals surface area contributed by atoms with Crippen molar-refractivity contribution in [2.24, 2.45) is 0 Å². The van der Waals surface area contributed by atoms with E-state index in [0.29, 0.717) is 22.3 Å². The van der Waals surface area contributed by atoms with Crippen molar-refractivity contribution in [1.29, 1.82) is 0 Å². The Hall–Kier alpha value is -2.58. The van der Waals surface area contributed by atoms with Crippen LogP contribution in [0.25, 0.3) is 0 Å². The number of aromatic nitrogens is 1. The van der Waals surface area contributed by atoms with Crippen molar-refractivity contribution in [3.8, 4) is 11.5 Å². The van der Waals surface area contributed by atoms with Crippen molar-refractivity contribution in [2.45, 2.75) is 6.92 Å². The molecule has 0 aliphatic carbocycles. The number of nitrogens with one attached hydrogen (secondary N) is 2. The van der Waals surface area contributed by atoms with Crippen molar-refractivity contribution in [3.05, 3.63) is 57.5 Å². The standard InChI is InChI=1S/C19H18BrN3O3S/c1-11-8-12(4-6-14(11)20)21-18(24)16-10-27-19(23-16)22-15-7-5-13(25-2)9-17(15)26-3/h4-10H,1-3H3,(H,21,24)(H,22,23). The van der Waals surface area contributed by atoms with Crippen LogP contribution in [0.3, 0.4) is 0 Å². The van der Waals surface area contributed by atoms with E-state index >= 15 is 0 Å². The molecule has 0 spiro atoms. The van der Waals surface area contributed by atoms with Gasteiger partial charge in [0.05, 0.1) is 19.9 Å². The van der Waals surface area contributed by atoms with Crippen LogP contribution >= 0.6 is 27.3 Å². The molecule has 2 N–H and O–H groups in total. The molecule has 0 unspecified atom stereocenters. The Morgan fingerprint density at radius 2 is 1.96 bits per heavy atom. The fourth-order valence-corrected chi connectivity index (χ4v) is 3.32. The summed E-state index contributed by atoms with van der Waals surface area (Å²) < 4.78 is 11.6. The first-order valence-corrected chi connectivity index (χ1v) is 9.69. The molecule has 2 aromatic carbocycles. The number of anilines is 3. The minimum atomic E-state index is -0.261. The summed E-state index contributed by atoms with van der Waals surface area (Å²) in [7, 11) is 3.18. The highest BCUT2D eigenvalue weighted by atomic mass is 79.9. The molecule has 3 rings (SSSR count). The normalized spacial score (nSPS) is 10.4. The summed E-state index contributed by atoms with van der Waals surface area (Å²) in [5.41, 5.74) is 2.85. The summed E-state index contributed by atoms with van der Waals surface area (Å²) in [6.07, 6.45) is 0. The van der Waals surface area contributed by atoms with Crippen LogP contribution in [0, 0.1) is 6.92 Å². The highest BCUT2D eigenvalue weighted by Gasteiger charge is 2.13. The van der Waals surface area contributed by atoms with Crippen LogP contribution in [-0.2, 0) is 0 Å². The lowest BCUT2D eigenvalue weighted by Crippen LogP contribution is -2.12. The smallest absolute Gasteiger partial charge is 0.275 e. The Morgan fingerprint density at radius 1 is 1.15 bits per heavy atom.